The molecule has 2 aliphatic carbocycles. The minimum Gasteiger partial charge on any atom is -0.481 e. The van der Waals surface area contributed by atoms with Crippen LogP contribution in [0.4, 0.5) is 0 Å². The number of hydrogen-bond donors (Lipinski definition) is 2. The predicted molar refractivity (Wildman–Crippen MR) is 78.1 cm³/mol. The molecule has 1 fully saturated rings. The lowest BCUT2D eigenvalue weighted by Crippen LogP contribution is -2.12. The lowest BCUT2D eigenvalue weighted by atomic mass is 9.89. The second-order valence-electron chi connectivity index (χ2n) is 6.40. The zero-order chi connectivity index (χ0) is 13.7. The van der Waals surface area contributed by atoms with Gasteiger partial charge in [0.1, 0.15) is 0 Å². The molecule has 0 radical (unpaired) electrons. The highest BCUT2D eigenvalue weighted by Gasteiger charge is 2.46. The lowest BCUT2D eigenvalue weighted by molar-refractivity contribution is -0.137. The van der Waals surface area contributed by atoms with Crippen LogP contribution in [0.3, 0.4) is 0 Å². The first-order chi connectivity index (χ1) is 9.68. The second-order valence-corrected chi connectivity index (χ2v) is 6.40. The van der Waals surface area contributed by atoms with E-state index in [1.165, 1.54) is 40.6 Å². The summed E-state index contributed by atoms with van der Waals surface area (Å²) in [5.41, 5.74) is 5.22. The number of carbonyl (C=O) groups is 1. The molecule has 3 heteroatoms. The fourth-order valence-corrected chi connectivity index (χ4v) is 3.74. The number of aromatic nitrogens is 1. The van der Waals surface area contributed by atoms with Gasteiger partial charge in [0.05, 0.1) is 6.42 Å². The van der Waals surface area contributed by atoms with Crippen LogP contribution in [0.5, 0.6) is 0 Å². The van der Waals surface area contributed by atoms with Crippen molar-refractivity contribution in [1.82, 2.24) is 4.98 Å². The molecule has 0 bridgehead atoms. The Labute approximate surface area is 118 Å². The van der Waals surface area contributed by atoms with Crippen LogP contribution < -0.4 is 0 Å². The molecular weight excluding hydrogens is 250 g/mol. The predicted octanol–water partition coefficient (Wildman–Crippen LogP) is 3.55. The zero-order valence-corrected chi connectivity index (χ0v) is 11.5. The molecule has 0 amide bonds. The van der Waals surface area contributed by atoms with Crippen molar-refractivity contribution in [3.05, 3.63) is 35.0 Å². The maximum Gasteiger partial charge on any atom is 0.304 e. The third-order valence-electron chi connectivity index (χ3n) is 5.05. The van der Waals surface area contributed by atoms with Crippen molar-refractivity contribution in [1.29, 1.82) is 0 Å². The number of hydrogen-bond acceptors (Lipinski definition) is 1. The van der Waals surface area contributed by atoms with Gasteiger partial charge in [0.2, 0.25) is 0 Å². The van der Waals surface area contributed by atoms with Crippen LogP contribution in [-0.4, -0.2) is 16.1 Å². The highest BCUT2D eigenvalue weighted by atomic mass is 16.4. The smallest absolute Gasteiger partial charge is 0.304 e. The van der Waals surface area contributed by atoms with Gasteiger partial charge < -0.3 is 10.1 Å². The fraction of sp³-hybridized carbons (Fsp3) is 0.471. The normalized spacial score (nSPS) is 19.8. The van der Waals surface area contributed by atoms with Crippen molar-refractivity contribution in [2.24, 2.45) is 0 Å². The van der Waals surface area contributed by atoms with Gasteiger partial charge in [0.25, 0.3) is 0 Å². The lowest BCUT2D eigenvalue weighted by Gasteiger charge is -2.14. The number of aryl methyl sites for hydroxylation is 2. The highest BCUT2D eigenvalue weighted by Crippen LogP contribution is 2.51. The molecule has 104 valence electrons. The summed E-state index contributed by atoms with van der Waals surface area (Å²) in [5, 5.41) is 10.4. The highest BCUT2D eigenvalue weighted by molar-refractivity contribution is 5.86. The van der Waals surface area contributed by atoms with E-state index in [0.29, 0.717) is 0 Å². The van der Waals surface area contributed by atoms with E-state index in [2.05, 4.69) is 23.2 Å². The summed E-state index contributed by atoms with van der Waals surface area (Å²) >= 11 is 0. The molecule has 2 N–H and O–H groups in total. The number of carboxylic acid groups (broad SMARTS) is 1. The molecule has 0 aliphatic heterocycles. The largest absolute Gasteiger partial charge is 0.481 e. The van der Waals surface area contributed by atoms with E-state index < -0.39 is 5.97 Å². The van der Waals surface area contributed by atoms with Crippen molar-refractivity contribution < 1.29 is 9.90 Å². The topological polar surface area (TPSA) is 53.1 Å². The number of aromatic amines is 1. The Hall–Kier alpha value is -1.77. The van der Waals surface area contributed by atoms with E-state index >= 15 is 0 Å². The van der Waals surface area contributed by atoms with Crippen LogP contribution in [0.15, 0.2) is 18.2 Å². The van der Waals surface area contributed by atoms with E-state index in [4.69, 9.17) is 5.11 Å². The molecule has 0 saturated heterocycles. The summed E-state index contributed by atoms with van der Waals surface area (Å²) in [7, 11) is 0. The molecule has 0 atom stereocenters. The SMILES string of the molecule is O=C(O)CC1(c2ccc3[nH]c4c(c3c2)CCCC4)CC1. The van der Waals surface area contributed by atoms with Crippen molar-refractivity contribution in [2.45, 2.75) is 50.4 Å². The Balaban J connectivity index is 1.80. The van der Waals surface area contributed by atoms with Gasteiger partial charge in [-0.2, -0.15) is 0 Å². The van der Waals surface area contributed by atoms with Crippen LogP contribution in [0, 0.1) is 0 Å². The number of fused-ring (bicyclic) bond motifs is 3. The van der Waals surface area contributed by atoms with E-state index in [-0.39, 0.29) is 11.8 Å². The average molecular weight is 269 g/mol. The summed E-state index contributed by atoms with van der Waals surface area (Å²) in [6, 6.07) is 6.52. The number of benzene rings is 1. The van der Waals surface area contributed by atoms with Gasteiger partial charge in [-0.05, 0) is 61.8 Å². The van der Waals surface area contributed by atoms with Gasteiger partial charge in [0.15, 0.2) is 0 Å². The van der Waals surface area contributed by atoms with Gasteiger partial charge in [-0.3, -0.25) is 4.79 Å². The molecule has 0 spiro atoms. The maximum atomic E-state index is 11.1. The standard InChI is InChI=1S/C17H19NO2/c19-16(20)10-17(7-8-17)11-5-6-15-13(9-11)12-3-1-2-4-14(12)18-15/h5-6,9,18H,1-4,7-8,10H2,(H,19,20). The van der Waals surface area contributed by atoms with Gasteiger partial charge in [-0.1, -0.05) is 6.07 Å². The Bertz CT molecular complexity index is 694. The molecule has 1 aromatic heterocycles. The summed E-state index contributed by atoms with van der Waals surface area (Å²) < 4.78 is 0. The Morgan fingerprint density at radius 1 is 1.25 bits per heavy atom. The van der Waals surface area contributed by atoms with Crippen molar-refractivity contribution >= 4 is 16.9 Å². The van der Waals surface area contributed by atoms with Crippen LogP contribution in [0.2, 0.25) is 0 Å². The van der Waals surface area contributed by atoms with Crippen LogP contribution >= 0.6 is 0 Å². The van der Waals surface area contributed by atoms with Crippen LogP contribution in [0.25, 0.3) is 10.9 Å². The maximum absolute atomic E-state index is 11.1. The van der Waals surface area contributed by atoms with E-state index in [1.54, 1.807) is 0 Å². The van der Waals surface area contributed by atoms with Gasteiger partial charge in [0, 0.05) is 22.0 Å². The molecule has 1 aromatic carbocycles. The molecular formula is C17H19NO2. The van der Waals surface area contributed by atoms with Crippen molar-refractivity contribution in [3.8, 4) is 0 Å². The first kappa shape index (κ1) is 12.0. The van der Waals surface area contributed by atoms with E-state index in [1.807, 2.05) is 0 Å². The molecule has 3 nitrogen and oxygen atoms in total. The summed E-state index contributed by atoms with van der Waals surface area (Å²) in [5.74, 6) is -0.682. The molecule has 1 saturated carbocycles. The van der Waals surface area contributed by atoms with Gasteiger partial charge in [-0.15, -0.1) is 0 Å². The van der Waals surface area contributed by atoms with E-state index in [0.717, 1.165) is 25.7 Å². The number of aliphatic carboxylic acids is 1. The molecule has 2 aliphatic rings. The quantitative estimate of drug-likeness (QED) is 0.895. The third kappa shape index (κ3) is 1.76. The Morgan fingerprint density at radius 2 is 2.05 bits per heavy atom. The average Bonchev–Trinajstić information content (AvgIpc) is 3.11. The summed E-state index contributed by atoms with van der Waals surface area (Å²) in [6.07, 6.45) is 7.14. The van der Waals surface area contributed by atoms with Gasteiger partial charge >= 0.3 is 5.97 Å². The number of rotatable bonds is 3. The number of nitrogens with one attached hydrogen (secondary N) is 1. The molecule has 0 unspecified atom stereocenters. The monoisotopic (exact) mass is 269 g/mol. The first-order valence-corrected chi connectivity index (χ1v) is 7.54. The zero-order valence-electron chi connectivity index (χ0n) is 11.5. The van der Waals surface area contributed by atoms with Crippen molar-refractivity contribution in [2.75, 3.05) is 0 Å². The fourth-order valence-electron chi connectivity index (χ4n) is 3.74. The summed E-state index contributed by atoms with van der Waals surface area (Å²) in [4.78, 5) is 14.6. The van der Waals surface area contributed by atoms with Gasteiger partial charge in [-0.25, -0.2) is 0 Å². The number of carboxylic acids is 1. The summed E-state index contributed by atoms with van der Waals surface area (Å²) in [6.45, 7) is 0. The molecule has 4 rings (SSSR count). The van der Waals surface area contributed by atoms with Crippen LogP contribution in [-0.2, 0) is 23.1 Å². The third-order valence-corrected chi connectivity index (χ3v) is 5.05. The second kappa shape index (κ2) is 4.11. The van der Waals surface area contributed by atoms with Crippen molar-refractivity contribution in [3.63, 3.8) is 0 Å². The molecule has 20 heavy (non-hydrogen) atoms. The first-order valence-electron chi connectivity index (χ1n) is 7.54. The van der Waals surface area contributed by atoms with Crippen LogP contribution in [0.1, 0.15) is 48.9 Å². The minimum atomic E-state index is -0.682. The molecule has 2 aromatic rings. The minimum absolute atomic E-state index is 0.0845. The Kier molecular flexibility index (Phi) is 2.47. The van der Waals surface area contributed by atoms with E-state index in [9.17, 15) is 4.79 Å². The molecule has 1 heterocycles. The Morgan fingerprint density at radius 3 is 2.80 bits per heavy atom. The number of H-pyrrole nitrogens is 1.